The molecule has 0 unspecified atom stereocenters. The maximum absolute atomic E-state index is 4.27. The molecule has 2 rings (SSSR count). The van der Waals surface area contributed by atoms with Crippen molar-refractivity contribution in [1.82, 2.24) is 9.80 Å². The van der Waals surface area contributed by atoms with Crippen LogP contribution in [0.25, 0.3) is 0 Å². The first-order valence-electron chi connectivity index (χ1n) is 5.38. The quantitative estimate of drug-likeness (QED) is 0.561. The summed E-state index contributed by atoms with van der Waals surface area (Å²) < 4.78 is 4.27. The van der Waals surface area contributed by atoms with Crippen molar-refractivity contribution in [1.29, 1.82) is 0 Å². The average molecular weight is 185 g/mol. The summed E-state index contributed by atoms with van der Waals surface area (Å²) in [6, 6.07) is 1.50. The van der Waals surface area contributed by atoms with Crippen LogP contribution in [-0.4, -0.2) is 66.0 Å². The van der Waals surface area contributed by atoms with Crippen LogP contribution in [0.4, 0.5) is 0 Å². The summed E-state index contributed by atoms with van der Waals surface area (Å²) in [4.78, 5) is 5.16. The molecule has 0 radical (unpaired) electrons. The number of piperazine rings is 1. The minimum absolute atomic E-state index is 0.716. The summed E-state index contributed by atoms with van der Waals surface area (Å²) in [5, 5.41) is 0. The van der Waals surface area contributed by atoms with Gasteiger partial charge in [0.1, 0.15) is 6.04 Å². The van der Waals surface area contributed by atoms with Crippen LogP contribution in [-0.2, 0) is 0 Å². The molecule has 0 spiro atoms. The number of hydrogen-bond acceptors (Lipinski definition) is 2. The standard InChI is InChI=1S/C10H20N2O/c1-9(2)11-3-5-12(6-4-11)10-7-13-8-10/h9-10H,3-8H2,1-2H3/p+1. The molecular weight excluding hydrogens is 164 g/mol. The van der Waals surface area contributed by atoms with Crippen molar-refractivity contribution in [3.05, 3.63) is 0 Å². The highest BCUT2D eigenvalue weighted by molar-refractivity contribution is 4.82. The molecule has 0 aromatic carbocycles. The molecule has 0 aromatic heterocycles. The van der Waals surface area contributed by atoms with Crippen molar-refractivity contribution < 1.29 is 4.74 Å². The van der Waals surface area contributed by atoms with Crippen molar-refractivity contribution in [2.24, 2.45) is 0 Å². The fraction of sp³-hybridized carbons (Fsp3) is 1.00. The van der Waals surface area contributed by atoms with Crippen LogP contribution in [0.5, 0.6) is 0 Å². The normalized spacial score (nSPS) is 27.9. The van der Waals surface area contributed by atoms with E-state index < -0.39 is 0 Å². The zero-order valence-corrected chi connectivity index (χ0v) is 8.74. The zero-order valence-electron chi connectivity index (χ0n) is 8.74. The number of aliphatic hydroxyl groups is 2. The zero-order chi connectivity index (χ0) is 9.26. The van der Waals surface area contributed by atoms with Crippen LogP contribution >= 0.6 is 0 Å². The lowest BCUT2D eigenvalue weighted by Gasteiger charge is -2.41. The van der Waals surface area contributed by atoms with Gasteiger partial charge in [0.25, 0.3) is 0 Å². The van der Waals surface area contributed by atoms with Gasteiger partial charge in [-0.2, -0.15) is 0 Å². The first-order chi connectivity index (χ1) is 6.27. The number of hydrogen-bond donors (Lipinski definition) is 0. The molecule has 1 N–H and O–H groups in total. The molecule has 0 saturated carbocycles. The second-order valence-corrected chi connectivity index (χ2v) is 4.41. The van der Waals surface area contributed by atoms with E-state index in [9.17, 15) is 0 Å². The van der Waals surface area contributed by atoms with Crippen molar-refractivity contribution >= 4 is 0 Å². The SMILES string of the molecule is CC(C)N1CCN(C2C[OH+]C2)CC1. The molecule has 2 aliphatic rings. The minimum Gasteiger partial charge on any atom is -0.431 e. The summed E-state index contributed by atoms with van der Waals surface area (Å²) in [6.45, 7) is 11.7. The average Bonchev–Trinajstić information content (AvgIpc) is 2.02. The largest absolute Gasteiger partial charge is 0.431 e. The second-order valence-electron chi connectivity index (χ2n) is 4.41. The van der Waals surface area contributed by atoms with Crippen LogP contribution in [0.15, 0.2) is 0 Å². The van der Waals surface area contributed by atoms with Crippen molar-refractivity contribution in [3.8, 4) is 0 Å². The van der Waals surface area contributed by atoms with E-state index >= 15 is 0 Å². The molecule has 0 aliphatic carbocycles. The lowest BCUT2D eigenvalue weighted by atomic mass is 10.1. The first-order valence-corrected chi connectivity index (χ1v) is 5.38. The Hall–Kier alpha value is -0.120. The fourth-order valence-corrected chi connectivity index (χ4v) is 2.09. The Balaban J connectivity index is 1.75. The smallest absolute Gasteiger partial charge is 0.168 e. The van der Waals surface area contributed by atoms with E-state index in [-0.39, 0.29) is 0 Å². The van der Waals surface area contributed by atoms with Crippen LogP contribution in [0.3, 0.4) is 0 Å². The molecule has 2 aliphatic heterocycles. The highest BCUT2D eigenvalue weighted by Crippen LogP contribution is 2.12. The Kier molecular flexibility index (Phi) is 2.86. The molecular formula is C10H21N2O+. The van der Waals surface area contributed by atoms with Crippen LogP contribution in [0.2, 0.25) is 0 Å². The number of nitrogens with zero attached hydrogens (tertiary/aromatic N) is 2. The summed E-state index contributed by atoms with van der Waals surface area (Å²) in [6.07, 6.45) is 0. The van der Waals surface area contributed by atoms with Gasteiger partial charge < -0.3 is 4.74 Å². The van der Waals surface area contributed by atoms with E-state index in [4.69, 9.17) is 0 Å². The monoisotopic (exact) mass is 185 g/mol. The molecule has 0 bridgehead atoms. The van der Waals surface area contributed by atoms with Crippen molar-refractivity contribution in [3.63, 3.8) is 0 Å². The Morgan fingerprint density at radius 3 is 2.08 bits per heavy atom. The van der Waals surface area contributed by atoms with E-state index in [0.29, 0.717) is 6.04 Å². The van der Waals surface area contributed by atoms with E-state index in [1.54, 1.807) is 0 Å². The molecule has 3 nitrogen and oxygen atoms in total. The van der Waals surface area contributed by atoms with Gasteiger partial charge in [-0.1, -0.05) is 0 Å². The first kappa shape index (κ1) is 9.44. The van der Waals surface area contributed by atoms with Gasteiger partial charge in [-0.3, -0.25) is 9.80 Å². The van der Waals surface area contributed by atoms with E-state index in [0.717, 1.165) is 19.3 Å². The van der Waals surface area contributed by atoms with E-state index in [1.807, 2.05) is 0 Å². The Morgan fingerprint density at radius 2 is 1.69 bits per heavy atom. The molecule has 2 fully saturated rings. The predicted octanol–water partition coefficient (Wildman–Crippen LogP) is -0.0774. The topological polar surface area (TPSA) is 19.3 Å². The van der Waals surface area contributed by atoms with E-state index in [2.05, 4.69) is 28.4 Å². The van der Waals surface area contributed by atoms with Gasteiger partial charge in [0.05, 0.1) is 0 Å². The maximum Gasteiger partial charge on any atom is 0.168 e. The van der Waals surface area contributed by atoms with Crippen LogP contribution in [0, 0.1) is 0 Å². The predicted molar refractivity (Wildman–Crippen MR) is 54.0 cm³/mol. The maximum atomic E-state index is 4.27. The van der Waals surface area contributed by atoms with Crippen molar-refractivity contribution in [2.75, 3.05) is 39.4 Å². The molecule has 2 saturated heterocycles. The Labute approximate surface area is 80.6 Å². The van der Waals surface area contributed by atoms with Gasteiger partial charge in [-0.05, 0) is 13.8 Å². The second kappa shape index (κ2) is 3.95. The summed E-state index contributed by atoms with van der Waals surface area (Å²) in [5.74, 6) is 0. The molecule has 13 heavy (non-hydrogen) atoms. The highest BCUT2D eigenvalue weighted by Gasteiger charge is 2.33. The number of rotatable bonds is 2. The summed E-state index contributed by atoms with van der Waals surface area (Å²) >= 11 is 0. The number of ether oxygens (including phenoxy) is 1. The molecule has 0 amide bonds. The van der Waals surface area contributed by atoms with Gasteiger partial charge in [0, 0.05) is 32.2 Å². The minimum atomic E-state index is 0.716. The lowest BCUT2D eigenvalue weighted by molar-refractivity contribution is -0.188. The van der Waals surface area contributed by atoms with Gasteiger partial charge in [0.15, 0.2) is 13.2 Å². The van der Waals surface area contributed by atoms with Gasteiger partial charge in [-0.15, -0.1) is 0 Å². The third kappa shape index (κ3) is 2.03. The molecule has 3 heteroatoms. The van der Waals surface area contributed by atoms with Gasteiger partial charge in [-0.25, -0.2) is 0 Å². The summed E-state index contributed by atoms with van der Waals surface area (Å²) in [7, 11) is 0. The lowest BCUT2D eigenvalue weighted by Crippen LogP contribution is -2.58. The Bertz CT molecular complexity index is 160. The fourth-order valence-electron chi connectivity index (χ4n) is 2.09. The Morgan fingerprint density at radius 1 is 1.08 bits per heavy atom. The molecule has 0 aromatic rings. The molecule has 0 atom stereocenters. The highest BCUT2D eigenvalue weighted by atomic mass is 16.5. The third-order valence-electron chi connectivity index (χ3n) is 3.28. The van der Waals surface area contributed by atoms with E-state index in [1.165, 1.54) is 26.2 Å². The van der Waals surface area contributed by atoms with Crippen LogP contribution < -0.4 is 0 Å². The van der Waals surface area contributed by atoms with Crippen LogP contribution in [0.1, 0.15) is 13.8 Å². The molecule has 2 heterocycles. The summed E-state index contributed by atoms with van der Waals surface area (Å²) in [5.41, 5.74) is 0. The third-order valence-corrected chi connectivity index (χ3v) is 3.28. The van der Waals surface area contributed by atoms with Gasteiger partial charge >= 0.3 is 0 Å². The van der Waals surface area contributed by atoms with Gasteiger partial charge in [0.2, 0.25) is 0 Å². The van der Waals surface area contributed by atoms with Crippen molar-refractivity contribution in [2.45, 2.75) is 25.9 Å². The molecule has 76 valence electrons.